The fourth-order valence-corrected chi connectivity index (χ4v) is 3.62. The Kier molecular flexibility index (Phi) is 4.47. The normalized spacial score (nSPS) is 20.6. The van der Waals surface area contributed by atoms with E-state index < -0.39 is 0 Å². The summed E-state index contributed by atoms with van der Waals surface area (Å²) in [6.07, 6.45) is 0.898. The number of hydrogen-bond acceptors (Lipinski definition) is 3. The van der Waals surface area contributed by atoms with Gasteiger partial charge in [-0.05, 0) is 38.8 Å². The highest BCUT2D eigenvalue weighted by Crippen LogP contribution is 2.26. The number of nitrogens with zero attached hydrogens (tertiary/aromatic N) is 1. The standard InChI is InChI=1S/C14H22N2O2S/c1-9-6-13(11(3)19-9)10(2)15-14(18)16-5-4-12(7-16)8-17/h6,10,12,17H,4-5,7-8H2,1-3H3,(H,15,18). The monoisotopic (exact) mass is 282 g/mol. The van der Waals surface area contributed by atoms with Crippen molar-refractivity contribution in [2.24, 2.45) is 5.92 Å². The molecule has 2 atom stereocenters. The molecule has 2 amide bonds. The molecule has 0 radical (unpaired) electrons. The number of nitrogens with one attached hydrogen (secondary N) is 1. The van der Waals surface area contributed by atoms with Gasteiger partial charge in [0, 0.05) is 35.4 Å². The summed E-state index contributed by atoms with van der Waals surface area (Å²) in [7, 11) is 0. The van der Waals surface area contributed by atoms with Crippen molar-refractivity contribution in [1.82, 2.24) is 10.2 Å². The summed E-state index contributed by atoms with van der Waals surface area (Å²) in [5.74, 6) is 0.242. The number of carbonyl (C=O) groups excluding carboxylic acids is 1. The van der Waals surface area contributed by atoms with Crippen LogP contribution in [-0.2, 0) is 0 Å². The molecule has 106 valence electrons. The molecule has 1 aliphatic heterocycles. The second kappa shape index (κ2) is 5.92. The first kappa shape index (κ1) is 14.3. The molecule has 1 saturated heterocycles. The van der Waals surface area contributed by atoms with Gasteiger partial charge in [-0.15, -0.1) is 11.3 Å². The Labute approximate surface area is 118 Å². The van der Waals surface area contributed by atoms with E-state index in [1.54, 1.807) is 16.2 Å². The number of likely N-dealkylation sites (tertiary alicyclic amines) is 1. The van der Waals surface area contributed by atoms with Crippen LogP contribution < -0.4 is 5.32 Å². The molecule has 0 bridgehead atoms. The van der Waals surface area contributed by atoms with Crippen LogP contribution in [0.15, 0.2) is 6.07 Å². The predicted octanol–water partition coefficient (Wildman–Crippen LogP) is 2.45. The maximum absolute atomic E-state index is 12.1. The Bertz CT molecular complexity index is 458. The van der Waals surface area contributed by atoms with Gasteiger partial charge in [-0.2, -0.15) is 0 Å². The zero-order chi connectivity index (χ0) is 14.0. The minimum atomic E-state index is -0.0216. The number of aliphatic hydroxyl groups is 1. The first-order valence-electron chi connectivity index (χ1n) is 6.74. The van der Waals surface area contributed by atoms with Crippen molar-refractivity contribution in [2.75, 3.05) is 19.7 Å². The molecule has 2 unspecified atom stereocenters. The summed E-state index contributed by atoms with van der Waals surface area (Å²) in [5, 5.41) is 12.2. The van der Waals surface area contributed by atoms with Gasteiger partial charge in [0.2, 0.25) is 0 Å². The van der Waals surface area contributed by atoms with Gasteiger partial charge < -0.3 is 15.3 Å². The number of thiophene rings is 1. The van der Waals surface area contributed by atoms with Crippen molar-refractivity contribution in [2.45, 2.75) is 33.2 Å². The van der Waals surface area contributed by atoms with E-state index in [2.05, 4.69) is 25.2 Å². The van der Waals surface area contributed by atoms with Crippen molar-refractivity contribution in [3.8, 4) is 0 Å². The molecule has 5 heteroatoms. The fourth-order valence-electron chi connectivity index (χ4n) is 2.60. The highest BCUT2D eigenvalue weighted by Gasteiger charge is 2.26. The number of aryl methyl sites for hydroxylation is 2. The third-order valence-corrected chi connectivity index (χ3v) is 4.70. The zero-order valence-electron chi connectivity index (χ0n) is 11.8. The quantitative estimate of drug-likeness (QED) is 0.894. The molecular weight excluding hydrogens is 260 g/mol. The van der Waals surface area contributed by atoms with Gasteiger partial charge in [0.1, 0.15) is 0 Å². The maximum Gasteiger partial charge on any atom is 0.317 e. The Hall–Kier alpha value is -1.07. The van der Waals surface area contributed by atoms with Gasteiger partial charge in [-0.1, -0.05) is 0 Å². The summed E-state index contributed by atoms with van der Waals surface area (Å²) >= 11 is 1.76. The highest BCUT2D eigenvalue weighted by molar-refractivity contribution is 7.12. The van der Waals surface area contributed by atoms with E-state index in [1.807, 2.05) is 6.92 Å². The molecule has 2 rings (SSSR count). The molecule has 0 saturated carbocycles. The van der Waals surface area contributed by atoms with Crippen LogP contribution in [0.1, 0.15) is 34.7 Å². The molecule has 1 aromatic rings. The number of aliphatic hydroxyl groups excluding tert-OH is 1. The van der Waals surface area contributed by atoms with E-state index in [4.69, 9.17) is 5.11 Å². The van der Waals surface area contributed by atoms with E-state index in [9.17, 15) is 4.79 Å². The van der Waals surface area contributed by atoms with Crippen LogP contribution >= 0.6 is 11.3 Å². The van der Waals surface area contributed by atoms with Gasteiger partial charge in [-0.25, -0.2) is 4.79 Å². The van der Waals surface area contributed by atoms with Gasteiger partial charge in [-0.3, -0.25) is 0 Å². The molecule has 0 spiro atoms. The van der Waals surface area contributed by atoms with Crippen LogP contribution in [0.2, 0.25) is 0 Å². The maximum atomic E-state index is 12.1. The van der Waals surface area contributed by atoms with E-state index >= 15 is 0 Å². The first-order chi connectivity index (χ1) is 9.01. The molecule has 2 heterocycles. The van der Waals surface area contributed by atoms with Crippen molar-refractivity contribution >= 4 is 17.4 Å². The van der Waals surface area contributed by atoms with Crippen LogP contribution in [0.5, 0.6) is 0 Å². The van der Waals surface area contributed by atoms with Crippen molar-refractivity contribution in [1.29, 1.82) is 0 Å². The van der Waals surface area contributed by atoms with Crippen molar-refractivity contribution in [3.63, 3.8) is 0 Å². The lowest BCUT2D eigenvalue weighted by atomic mass is 10.1. The molecule has 1 fully saturated rings. The third kappa shape index (κ3) is 3.28. The topological polar surface area (TPSA) is 52.6 Å². The van der Waals surface area contributed by atoms with Crippen LogP contribution in [0.25, 0.3) is 0 Å². The van der Waals surface area contributed by atoms with Crippen molar-refractivity contribution in [3.05, 3.63) is 21.4 Å². The number of amides is 2. The molecule has 4 nitrogen and oxygen atoms in total. The van der Waals surface area contributed by atoms with Gasteiger partial charge in [0.15, 0.2) is 0 Å². The Morgan fingerprint density at radius 1 is 1.63 bits per heavy atom. The lowest BCUT2D eigenvalue weighted by Gasteiger charge is -2.21. The predicted molar refractivity (Wildman–Crippen MR) is 77.5 cm³/mol. The molecule has 0 aromatic carbocycles. The molecule has 1 aliphatic rings. The van der Waals surface area contributed by atoms with E-state index in [0.717, 1.165) is 13.0 Å². The molecule has 0 aliphatic carbocycles. The fraction of sp³-hybridized carbons (Fsp3) is 0.643. The van der Waals surface area contributed by atoms with Crippen molar-refractivity contribution < 1.29 is 9.90 Å². The summed E-state index contributed by atoms with van der Waals surface area (Å²) in [5.41, 5.74) is 1.20. The number of hydrogen-bond donors (Lipinski definition) is 2. The van der Waals surface area contributed by atoms with Gasteiger partial charge >= 0.3 is 6.03 Å². The third-order valence-electron chi connectivity index (χ3n) is 3.72. The second-order valence-corrected chi connectivity index (χ2v) is 6.78. The Balaban J connectivity index is 1.94. The van der Waals surface area contributed by atoms with Gasteiger partial charge in [0.05, 0.1) is 6.04 Å². The van der Waals surface area contributed by atoms with Crippen LogP contribution in [-0.4, -0.2) is 35.7 Å². The van der Waals surface area contributed by atoms with Crippen LogP contribution in [0, 0.1) is 19.8 Å². The lowest BCUT2D eigenvalue weighted by molar-refractivity contribution is 0.195. The molecular formula is C14H22N2O2S. The smallest absolute Gasteiger partial charge is 0.317 e. The summed E-state index contributed by atoms with van der Waals surface area (Å²) in [6.45, 7) is 7.77. The highest BCUT2D eigenvalue weighted by atomic mass is 32.1. The molecule has 2 N–H and O–H groups in total. The minimum absolute atomic E-state index is 0.0216. The second-order valence-electron chi connectivity index (χ2n) is 5.32. The van der Waals surface area contributed by atoms with E-state index in [-0.39, 0.29) is 24.6 Å². The first-order valence-corrected chi connectivity index (χ1v) is 7.56. The average Bonchev–Trinajstić information content (AvgIpc) is 2.95. The SMILES string of the molecule is Cc1cc(C(C)NC(=O)N2CCC(CO)C2)c(C)s1. The number of rotatable bonds is 3. The molecule has 1 aromatic heterocycles. The Morgan fingerprint density at radius 2 is 2.37 bits per heavy atom. The number of carbonyl (C=O) groups is 1. The summed E-state index contributed by atoms with van der Waals surface area (Å²) in [6, 6.07) is 2.16. The lowest BCUT2D eigenvalue weighted by Crippen LogP contribution is -2.39. The largest absolute Gasteiger partial charge is 0.396 e. The van der Waals surface area contributed by atoms with E-state index in [1.165, 1.54) is 15.3 Å². The van der Waals surface area contributed by atoms with Crippen LogP contribution in [0.4, 0.5) is 4.79 Å². The number of urea groups is 1. The van der Waals surface area contributed by atoms with Gasteiger partial charge in [0.25, 0.3) is 0 Å². The summed E-state index contributed by atoms with van der Waals surface area (Å²) < 4.78 is 0. The zero-order valence-corrected chi connectivity index (χ0v) is 12.6. The van der Waals surface area contributed by atoms with Crippen LogP contribution in [0.3, 0.4) is 0 Å². The average molecular weight is 282 g/mol. The minimum Gasteiger partial charge on any atom is -0.396 e. The van der Waals surface area contributed by atoms with E-state index in [0.29, 0.717) is 6.54 Å². The Morgan fingerprint density at radius 3 is 2.89 bits per heavy atom. The molecule has 19 heavy (non-hydrogen) atoms. The summed E-state index contributed by atoms with van der Waals surface area (Å²) in [4.78, 5) is 16.5.